The van der Waals surface area contributed by atoms with E-state index in [4.69, 9.17) is 4.74 Å². The first-order valence-electron chi connectivity index (χ1n) is 4.46. The van der Waals surface area contributed by atoms with Crippen molar-refractivity contribution in [3.8, 4) is 0 Å². The fraction of sp³-hybridized carbons (Fsp3) is 0.545. The summed E-state index contributed by atoms with van der Waals surface area (Å²) in [6.45, 7) is 8.76. The Bertz CT molecular complexity index is 202. The van der Waals surface area contributed by atoms with Gasteiger partial charge in [0, 0.05) is 6.92 Å². The van der Waals surface area contributed by atoms with Crippen molar-refractivity contribution in [1.29, 1.82) is 0 Å². The average molecular weight is 182 g/mol. The van der Waals surface area contributed by atoms with Gasteiger partial charge in [0.15, 0.2) is 0 Å². The molecule has 0 spiro atoms. The van der Waals surface area contributed by atoms with Crippen molar-refractivity contribution < 1.29 is 9.53 Å². The first-order chi connectivity index (χ1) is 5.98. The Hall–Kier alpha value is -1.05. The topological polar surface area (TPSA) is 26.3 Å². The molecule has 0 aliphatic rings. The Morgan fingerprint density at radius 2 is 2.08 bits per heavy atom. The maximum Gasteiger partial charge on any atom is 0.303 e. The van der Waals surface area contributed by atoms with Crippen LogP contribution < -0.4 is 0 Å². The highest BCUT2D eigenvalue weighted by Crippen LogP contribution is 2.11. The molecule has 0 aliphatic carbocycles. The first-order valence-corrected chi connectivity index (χ1v) is 4.46. The zero-order chi connectivity index (χ0) is 10.3. The van der Waals surface area contributed by atoms with Crippen LogP contribution in [-0.4, -0.2) is 11.6 Å². The van der Waals surface area contributed by atoms with Gasteiger partial charge in [0.05, 0.1) is 0 Å². The molecule has 0 aromatic heterocycles. The van der Waals surface area contributed by atoms with Gasteiger partial charge in [-0.05, 0) is 32.8 Å². The van der Waals surface area contributed by atoms with Crippen LogP contribution in [0, 0.1) is 0 Å². The predicted octanol–water partition coefficient (Wildman–Crippen LogP) is 2.85. The molecule has 0 N–H and O–H groups in total. The summed E-state index contributed by atoms with van der Waals surface area (Å²) in [4.78, 5) is 10.7. The van der Waals surface area contributed by atoms with Crippen LogP contribution in [0.15, 0.2) is 24.8 Å². The molecule has 0 aromatic rings. The second kappa shape index (κ2) is 5.57. The molecular formula is C11H18O2. The highest BCUT2D eigenvalue weighted by Gasteiger charge is 2.15. The average Bonchev–Trinajstić information content (AvgIpc) is 1.95. The van der Waals surface area contributed by atoms with Crippen LogP contribution in [-0.2, 0) is 9.53 Å². The monoisotopic (exact) mass is 182 g/mol. The number of rotatable bonds is 5. The highest BCUT2D eigenvalue weighted by molar-refractivity contribution is 5.66. The largest absolute Gasteiger partial charge is 0.456 e. The van der Waals surface area contributed by atoms with Crippen LogP contribution in [0.5, 0.6) is 0 Å². The molecule has 2 heteroatoms. The molecule has 0 heterocycles. The Morgan fingerprint density at radius 3 is 2.54 bits per heavy atom. The van der Waals surface area contributed by atoms with E-state index in [1.807, 2.05) is 32.1 Å². The van der Waals surface area contributed by atoms with E-state index in [-0.39, 0.29) is 5.97 Å². The van der Waals surface area contributed by atoms with Crippen molar-refractivity contribution in [2.24, 2.45) is 0 Å². The molecule has 0 fully saturated rings. The van der Waals surface area contributed by atoms with Crippen LogP contribution in [0.4, 0.5) is 0 Å². The normalized spacial score (nSPS) is 11.6. The molecule has 0 amide bonds. The molecule has 0 radical (unpaired) electrons. The van der Waals surface area contributed by atoms with Crippen molar-refractivity contribution in [3.63, 3.8) is 0 Å². The molecule has 0 aliphatic heterocycles. The highest BCUT2D eigenvalue weighted by atomic mass is 16.6. The van der Waals surface area contributed by atoms with Crippen LogP contribution in [0.3, 0.4) is 0 Å². The van der Waals surface area contributed by atoms with E-state index in [0.717, 1.165) is 12.8 Å². The Balaban J connectivity index is 3.92. The summed E-state index contributed by atoms with van der Waals surface area (Å²) in [5, 5.41) is 0. The molecule has 13 heavy (non-hydrogen) atoms. The number of ether oxygens (including phenoxy) is 1. The van der Waals surface area contributed by atoms with Gasteiger partial charge in [-0.15, -0.1) is 6.58 Å². The van der Waals surface area contributed by atoms with Crippen molar-refractivity contribution in [1.82, 2.24) is 0 Å². The minimum Gasteiger partial charge on any atom is -0.456 e. The van der Waals surface area contributed by atoms with Crippen molar-refractivity contribution in [3.05, 3.63) is 24.8 Å². The standard InChI is InChI=1S/C11H18O2/c1-5-6-7-8-9-11(3,4)13-10(2)12/h5,8-9H,1,6-7H2,2-4H3/b9-8+. The number of allylic oxidation sites excluding steroid dienone is 2. The summed E-state index contributed by atoms with van der Waals surface area (Å²) in [5.41, 5.74) is -0.493. The fourth-order valence-corrected chi connectivity index (χ4v) is 0.986. The summed E-state index contributed by atoms with van der Waals surface area (Å²) < 4.78 is 5.07. The van der Waals surface area contributed by atoms with Gasteiger partial charge in [0.1, 0.15) is 5.60 Å². The predicted molar refractivity (Wildman–Crippen MR) is 54.4 cm³/mol. The summed E-state index contributed by atoms with van der Waals surface area (Å²) in [6, 6.07) is 0. The molecule has 0 unspecified atom stereocenters. The zero-order valence-electron chi connectivity index (χ0n) is 8.67. The lowest BCUT2D eigenvalue weighted by molar-refractivity contribution is -0.149. The number of hydrogen-bond donors (Lipinski definition) is 0. The van der Waals surface area contributed by atoms with E-state index >= 15 is 0 Å². The lowest BCUT2D eigenvalue weighted by Crippen LogP contribution is -2.23. The molecule has 0 bridgehead atoms. The van der Waals surface area contributed by atoms with E-state index in [9.17, 15) is 4.79 Å². The zero-order valence-corrected chi connectivity index (χ0v) is 8.67. The number of esters is 1. The van der Waals surface area contributed by atoms with E-state index < -0.39 is 5.60 Å². The second-order valence-electron chi connectivity index (χ2n) is 3.47. The Kier molecular flexibility index (Phi) is 5.12. The van der Waals surface area contributed by atoms with Gasteiger partial charge >= 0.3 is 5.97 Å². The van der Waals surface area contributed by atoms with E-state index in [1.165, 1.54) is 6.92 Å². The summed E-state index contributed by atoms with van der Waals surface area (Å²) in [5.74, 6) is -0.252. The molecule has 0 saturated carbocycles. The lowest BCUT2D eigenvalue weighted by atomic mass is 10.1. The fourth-order valence-electron chi connectivity index (χ4n) is 0.986. The molecular weight excluding hydrogens is 164 g/mol. The van der Waals surface area contributed by atoms with Gasteiger partial charge in [0.2, 0.25) is 0 Å². The lowest BCUT2D eigenvalue weighted by Gasteiger charge is -2.19. The van der Waals surface area contributed by atoms with Crippen molar-refractivity contribution >= 4 is 5.97 Å². The molecule has 0 aromatic carbocycles. The Morgan fingerprint density at radius 1 is 1.46 bits per heavy atom. The van der Waals surface area contributed by atoms with Crippen LogP contribution in [0.25, 0.3) is 0 Å². The number of carbonyl (C=O) groups excluding carboxylic acids is 1. The quantitative estimate of drug-likeness (QED) is 0.371. The third-order valence-electron chi connectivity index (χ3n) is 1.46. The van der Waals surface area contributed by atoms with Gasteiger partial charge in [-0.1, -0.05) is 12.2 Å². The first kappa shape index (κ1) is 11.9. The smallest absolute Gasteiger partial charge is 0.303 e. The minimum absolute atomic E-state index is 0.252. The van der Waals surface area contributed by atoms with Crippen LogP contribution in [0.2, 0.25) is 0 Å². The minimum atomic E-state index is -0.493. The van der Waals surface area contributed by atoms with Gasteiger partial charge in [-0.25, -0.2) is 0 Å². The van der Waals surface area contributed by atoms with Crippen molar-refractivity contribution in [2.75, 3.05) is 0 Å². The third kappa shape index (κ3) is 7.32. The Labute approximate surface area is 80.3 Å². The third-order valence-corrected chi connectivity index (χ3v) is 1.46. The van der Waals surface area contributed by atoms with Crippen molar-refractivity contribution in [2.45, 2.75) is 39.2 Å². The maximum absolute atomic E-state index is 10.7. The molecule has 2 nitrogen and oxygen atoms in total. The summed E-state index contributed by atoms with van der Waals surface area (Å²) in [6.07, 6.45) is 7.66. The summed E-state index contributed by atoms with van der Waals surface area (Å²) in [7, 11) is 0. The SMILES string of the molecule is C=CCC/C=C/C(C)(C)OC(C)=O. The van der Waals surface area contributed by atoms with Crippen LogP contribution >= 0.6 is 0 Å². The molecule has 0 saturated heterocycles. The van der Waals surface area contributed by atoms with Gasteiger partial charge in [-0.2, -0.15) is 0 Å². The molecule has 74 valence electrons. The van der Waals surface area contributed by atoms with E-state index in [0.29, 0.717) is 0 Å². The van der Waals surface area contributed by atoms with Gasteiger partial charge in [-0.3, -0.25) is 4.79 Å². The number of hydrogen-bond acceptors (Lipinski definition) is 2. The van der Waals surface area contributed by atoms with Gasteiger partial charge in [0.25, 0.3) is 0 Å². The van der Waals surface area contributed by atoms with Gasteiger partial charge < -0.3 is 4.74 Å². The number of carbonyl (C=O) groups is 1. The summed E-state index contributed by atoms with van der Waals surface area (Å²) >= 11 is 0. The maximum atomic E-state index is 10.7. The second-order valence-corrected chi connectivity index (χ2v) is 3.47. The van der Waals surface area contributed by atoms with Crippen LogP contribution in [0.1, 0.15) is 33.6 Å². The molecule has 0 atom stereocenters. The van der Waals surface area contributed by atoms with E-state index in [2.05, 4.69) is 6.58 Å². The number of unbranched alkanes of at least 4 members (excludes halogenated alkanes) is 1. The van der Waals surface area contributed by atoms with E-state index in [1.54, 1.807) is 0 Å². The molecule has 0 rings (SSSR count).